The van der Waals surface area contributed by atoms with Crippen molar-refractivity contribution >= 4 is 17.2 Å². The molecule has 2 aliphatic rings. The van der Waals surface area contributed by atoms with Crippen LogP contribution in [0.25, 0.3) is 10.8 Å². The van der Waals surface area contributed by atoms with Gasteiger partial charge in [-0.25, -0.2) is 4.98 Å². The Morgan fingerprint density at radius 1 is 1.39 bits per heavy atom. The fourth-order valence-corrected chi connectivity index (χ4v) is 4.35. The van der Waals surface area contributed by atoms with Crippen molar-refractivity contribution in [2.24, 2.45) is 0 Å². The van der Waals surface area contributed by atoms with Crippen LogP contribution in [-0.2, 0) is 16.0 Å². The molecule has 2 aromatic heterocycles. The quantitative estimate of drug-likeness (QED) is 0.866. The van der Waals surface area contributed by atoms with Crippen LogP contribution in [0.15, 0.2) is 28.2 Å². The van der Waals surface area contributed by atoms with Gasteiger partial charge in [0.05, 0.1) is 37.1 Å². The van der Waals surface area contributed by atoms with Crippen molar-refractivity contribution in [2.75, 3.05) is 13.2 Å². The van der Waals surface area contributed by atoms with Crippen molar-refractivity contribution < 1.29 is 13.9 Å². The molecule has 2 aromatic rings. The molecule has 1 aliphatic heterocycles. The number of morpholine rings is 1. The number of hydrogen-bond donors (Lipinski definition) is 0. The van der Waals surface area contributed by atoms with E-state index in [1.165, 1.54) is 24.2 Å². The van der Waals surface area contributed by atoms with Crippen molar-refractivity contribution in [2.45, 2.75) is 44.2 Å². The second-order valence-corrected chi connectivity index (χ2v) is 7.00. The number of aromatic nitrogens is 1. The van der Waals surface area contributed by atoms with E-state index in [0.29, 0.717) is 19.6 Å². The number of carbonyl (C=O) groups excluding carboxylic acids is 1. The van der Waals surface area contributed by atoms with Gasteiger partial charge < -0.3 is 14.1 Å². The molecule has 23 heavy (non-hydrogen) atoms. The van der Waals surface area contributed by atoms with Crippen molar-refractivity contribution in [3.63, 3.8) is 0 Å². The summed E-state index contributed by atoms with van der Waals surface area (Å²) in [4.78, 5) is 19.3. The Morgan fingerprint density at radius 2 is 2.30 bits per heavy atom. The van der Waals surface area contributed by atoms with Gasteiger partial charge in [-0.1, -0.05) is 12.8 Å². The van der Waals surface area contributed by atoms with Crippen molar-refractivity contribution in [3.8, 4) is 10.8 Å². The highest BCUT2D eigenvalue weighted by atomic mass is 32.1. The maximum atomic E-state index is 12.7. The van der Waals surface area contributed by atoms with Crippen molar-refractivity contribution in [1.82, 2.24) is 9.88 Å². The van der Waals surface area contributed by atoms with Gasteiger partial charge in [0.1, 0.15) is 0 Å². The predicted octanol–water partition coefficient (Wildman–Crippen LogP) is 3.12. The number of nitrogens with zero attached hydrogens (tertiary/aromatic N) is 2. The third kappa shape index (κ3) is 3.05. The molecular weight excluding hydrogens is 312 g/mol. The number of carbonyl (C=O) groups is 1. The molecule has 1 amide bonds. The molecule has 3 heterocycles. The summed E-state index contributed by atoms with van der Waals surface area (Å²) in [6.45, 7) is 1.36. The Morgan fingerprint density at radius 3 is 3.17 bits per heavy atom. The van der Waals surface area contributed by atoms with Crippen LogP contribution in [0, 0.1) is 0 Å². The lowest BCUT2D eigenvalue weighted by Crippen LogP contribution is -2.55. The van der Waals surface area contributed by atoms with Crippen LogP contribution < -0.4 is 0 Å². The number of amides is 1. The van der Waals surface area contributed by atoms with Crippen LogP contribution in [0.5, 0.6) is 0 Å². The first kappa shape index (κ1) is 14.9. The number of rotatable bonds is 3. The second kappa shape index (κ2) is 6.45. The number of furan rings is 1. The molecule has 1 saturated carbocycles. The topological polar surface area (TPSA) is 55.6 Å². The second-order valence-electron chi connectivity index (χ2n) is 6.15. The summed E-state index contributed by atoms with van der Waals surface area (Å²) in [5.41, 5.74) is 0.824. The Hall–Kier alpha value is -1.66. The molecule has 0 spiro atoms. The van der Waals surface area contributed by atoms with Gasteiger partial charge in [-0.15, -0.1) is 11.3 Å². The number of thiazole rings is 1. The summed E-state index contributed by atoms with van der Waals surface area (Å²) in [7, 11) is 0. The zero-order valence-corrected chi connectivity index (χ0v) is 13.8. The van der Waals surface area contributed by atoms with E-state index in [-0.39, 0.29) is 18.1 Å². The summed E-state index contributed by atoms with van der Waals surface area (Å²) in [5.74, 6) is 0.925. The minimum absolute atomic E-state index is 0.168. The average Bonchev–Trinajstić information content (AvgIpc) is 3.25. The van der Waals surface area contributed by atoms with Gasteiger partial charge in [-0.2, -0.15) is 0 Å². The highest BCUT2D eigenvalue weighted by molar-refractivity contribution is 7.13. The molecule has 2 atom stereocenters. The zero-order chi connectivity index (χ0) is 15.6. The lowest BCUT2D eigenvalue weighted by molar-refractivity contribution is -0.148. The summed E-state index contributed by atoms with van der Waals surface area (Å²) in [6.07, 6.45) is 6.77. The number of hydrogen-bond acceptors (Lipinski definition) is 5. The lowest BCUT2D eigenvalue weighted by Gasteiger charge is -2.43. The van der Waals surface area contributed by atoms with Gasteiger partial charge in [-0.05, 0) is 25.0 Å². The van der Waals surface area contributed by atoms with Crippen LogP contribution >= 0.6 is 11.3 Å². The van der Waals surface area contributed by atoms with Crippen LogP contribution in [0.2, 0.25) is 0 Å². The highest BCUT2D eigenvalue weighted by Gasteiger charge is 2.36. The van der Waals surface area contributed by atoms with Crippen LogP contribution in [0.4, 0.5) is 0 Å². The van der Waals surface area contributed by atoms with Crippen LogP contribution in [0.1, 0.15) is 31.4 Å². The molecular formula is C17H20N2O3S. The van der Waals surface area contributed by atoms with E-state index in [1.807, 2.05) is 22.4 Å². The first-order valence-electron chi connectivity index (χ1n) is 8.20. The molecule has 2 fully saturated rings. The Bertz CT molecular complexity index is 665. The highest BCUT2D eigenvalue weighted by Crippen LogP contribution is 2.29. The van der Waals surface area contributed by atoms with E-state index < -0.39 is 0 Å². The molecule has 6 heteroatoms. The molecule has 0 N–H and O–H groups in total. The Kier molecular flexibility index (Phi) is 4.18. The largest absolute Gasteiger partial charge is 0.462 e. The van der Waals surface area contributed by atoms with Gasteiger partial charge in [0.25, 0.3) is 0 Å². The molecule has 1 saturated heterocycles. The van der Waals surface area contributed by atoms with Gasteiger partial charge in [0.2, 0.25) is 5.91 Å². The van der Waals surface area contributed by atoms with Crippen molar-refractivity contribution in [1.29, 1.82) is 0 Å². The van der Waals surface area contributed by atoms with Gasteiger partial charge >= 0.3 is 0 Å². The lowest BCUT2D eigenvalue weighted by atomic mass is 9.90. The van der Waals surface area contributed by atoms with E-state index in [9.17, 15) is 4.79 Å². The molecule has 0 bridgehead atoms. The maximum absolute atomic E-state index is 12.7. The summed E-state index contributed by atoms with van der Waals surface area (Å²) < 4.78 is 11.2. The molecule has 4 rings (SSSR count). The minimum Gasteiger partial charge on any atom is -0.462 e. The van der Waals surface area contributed by atoms with Gasteiger partial charge in [-0.3, -0.25) is 4.79 Å². The molecule has 1 aliphatic carbocycles. The van der Waals surface area contributed by atoms with Crippen LogP contribution in [0.3, 0.4) is 0 Å². The SMILES string of the molecule is O=C(Cc1csc(-c2ccco2)n1)N1CCO[C@@H]2CCCC[C@H]21. The smallest absolute Gasteiger partial charge is 0.229 e. The standard InChI is InChI=1S/C17H20N2O3S/c20-16(19-7-9-22-14-5-2-1-4-13(14)19)10-12-11-23-17(18-12)15-6-3-8-21-15/h3,6,8,11,13-14H,1-2,4-5,7,9-10H2/t13-,14-/m1/s1. The van der Waals surface area contributed by atoms with E-state index in [4.69, 9.17) is 9.15 Å². The van der Waals surface area contributed by atoms with Gasteiger partial charge in [0, 0.05) is 11.9 Å². The fourth-order valence-electron chi connectivity index (χ4n) is 3.56. The van der Waals surface area contributed by atoms with E-state index in [0.717, 1.165) is 29.3 Å². The summed E-state index contributed by atoms with van der Waals surface area (Å²) >= 11 is 1.52. The molecule has 5 nitrogen and oxygen atoms in total. The molecule has 0 aromatic carbocycles. The van der Waals surface area contributed by atoms with Crippen LogP contribution in [-0.4, -0.2) is 41.1 Å². The van der Waals surface area contributed by atoms with E-state index in [1.54, 1.807) is 6.26 Å². The van der Waals surface area contributed by atoms with E-state index in [2.05, 4.69) is 4.98 Å². The Labute approximate surface area is 139 Å². The Balaban J connectivity index is 1.45. The predicted molar refractivity (Wildman–Crippen MR) is 87.2 cm³/mol. The van der Waals surface area contributed by atoms with Crippen molar-refractivity contribution in [3.05, 3.63) is 29.5 Å². The molecule has 0 radical (unpaired) electrons. The van der Waals surface area contributed by atoms with Gasteiger partial charge in [0.15, 0.2) is 10.8 Å². The minimum atomic E-state index is 0.168. The summed E-state index contributed by atoms with van der Waals surface area (Å²) in [6, 6.07) is 3.99. The zero-order valence-electron chi connectivity index (χ0n) is 12.9. The maximum Gasteiger partial charge on any atom is 0.229 e. The third-order valence-electron chi connectivity index (χ3n) is 4.67. The normalized spacial score (nSPS) is 24.4. The monoisotopic (exact) mass is 332 g/mol. The molecule has 122 valence electrons. The third-order valence-corrected chi connectivity index (χ3v) is 5.57. The average molecular weight is 332 g/mol. The number of ether oxygens (including phenoxy) is 1. The summed E-state index contributed by atoms with van der Waals surface area (Å²) in [5, 5.41) is 2.78. The first-order valence-corrected chi connectivity index (χ1v) is 9.08. The van der Waals surface area contributed by atoms with E-state index >= 15 is 0 Å². The molecule has 0 unspecified atom stereocenters. The number of fused-ring (bicyclic) bond motifs is 1. The fraction of sp³-hybridized carbons (Fsp3) is 0.529. The first-order chi connectivity index (χ1) is 11.3.